The van der Waals surface area contributed by atoms with Gasteiger partial charge in [0.15, 0.2) is 0 Å². The molecule has 0 aliphatic heterocycles. The molecule has 0 aromatic heterocycles. The minimum Gasteiger partial charge on any atom is -0.496 e. The number of hydrogen-bond acceptors (Lipinski definition) is 2. The third kappa shape index (κ3) is 3.13. The predicted octanol–water partition coefficient (Wildman–Crippen LogP) is 1.80. The normalized spacial score (nSPS) is 10.3. The number of amides is 1. The molecule has 1 rings (SSSR count). The molecule has 0 aliphatic rings. The van der Waals surface area contributed by atoms with Crippen LogP contribution in [0.3, 0.4) is 0 Å². The first-order chi connectivity index (χ1) is 7.15. The van der Waals surface area contributed by atoms with Gasteiger partial charge in [-0.05, 0) is 12.1 Å². The topological polar surface area (TPSA) is 29.5 Å². The van der Waals surface area contributed by atoms with Gasteiger partial charge in [0.25, 0.3) is 0 Å². The standard InChI is InChI=1S/C12H15NO2/c1-13(2)12(14)9-8-10-6-4-5-7-11(10)15-3/h4-9H,1-3H3/b9-8-. The van der Waals surface area contributed by atoms with Crippen molar-refractivity contribution in [3.8, 4) is 5.75 Å². The smallest absolute Gasteiger partial charge is 0.246 e. The van der Waals surface area contributed by atoms with Crippen LogP contribution < -0.4 is 4.74 Å². The number of likely N-dealkylation sites (N-methyl/N-ethyl adjacent to an activating group) is 1. The van der Waals surface area contributed by atoms with E-state index in [1.54, 1.807) is 27.3 Å². The summed E-state index contributed by atoms with van der Waals surface area (Å²) in [6.45, 7) is 0. The molecule has 0 aliphatic carbocycles. The number of carbonyl (C=O) groups excluding carboxylic acids is 1. The highest BCUT2D eigenvalue weighted by Gasteiger charge is 2.00. The Morgan fingerprint density at radius 1 is 1.33 bits per heavy atom. The van der Waals surface area contributed by atoms with Crippen LogP contribution in [-0.2, 0) is 4.79 Å². The van der Waals surface area contributed by atoms with Gasteiger partial charge in [0, 0.05) is 25.7 Å². The second-order valence-corrected chi connectivity index (χ2v) is 3.31. The van der Waals surface area contributed by atoms with Crippen molar-refractivity contribution in [1.29, 1.82) is 0 Å². The summed E-state index contributed by atoms with van der Waals surface area (Å²) in [5, 5.41) is 0. The molecule has 0 unspecified atom stereocenters. The first kappa shape index (κ1) is 11.3. The molecule has 0 saturated heterocycles. The predicted molar refractivity (Wildman–Crippen MR) is 60.7 cm³/mol. The summed E-state index contributed by atoms with van der Waals surface area (Å²) in [5.41, 5.74) is 0.898. The van der Waals surface area contributed by atoms with Crippen molar-refractivity contribution in [2.45, 2.75) is 0 Å². The molecule has 3 heteroatoms. The van der Waals surface area contributed by atoms with Crippen LogP contribution in [-0.4, -0.2) is 32.0 Å². The van der Waals surface area contributed by atoms with Crippen LogP contribution in [0.25, 0.3) is 6.08 Å². The molecule has 0 heterocycles. The molecule has 0 N–H and O–H groups in total. The minimum absolute atomic E-state index is 0.0408. The molecule has 15 heavy (non-hydrogen) atoms. The molecule has 1 amide bonds. The van der Waals surface area contributed by atoms with Gasteiger partial charge < -0.3 is 9.64 Å². The molecule has 0 bridgehead atoms. The Labute approximate surface area is 90.0 Å². The van der Waals surface area contributed by atoms with E-state index in [0.717, 1.165) is 11.3 Å². The van der Waals surface area contributed by atoms with Crippen LogP contribution in [0.4, 0.5) is 0 Å². The number of carbonyl (C=O) groups is 1. The minimum atomic E-state index is -0.0408. The van der Waals surface area contributed by atoms with Gasteiger partial charge >= 0.3 is 0 Å². The van der Waals surface area contributed by atoms with Crippen molar-refractivity contribution in [3.63, 3.8) is 0 Å². The summed E-state index contributed by atoms with van der Waals surface area (Å²) < 4.78 is 5.16. The van der Waals surface area contributed by atoms with E-state index < -0.39 is 0 Å². The van der Waals surface area contributed by atoms with Gasteiger partial charge in [-0.15, -0.1) is 0 Å². The van der Waals surface area contributed by atoms with Gasteiger partial charge in [0.05, 0.1) is 7.11 Å². The summed E-state index contributed by atoms with van der Waals surface area (Å²) in [6, 6.07) is 7.56. The number of rotatable bonds is 3. The molecule has 1 aromatic carbocycles. The lowest BCUT2D eigenvalue weighted by atomic mass is 10.2. The Balaban J connectivity index is 2.84. The molecule has 0 spiro atoms. The Hall–Kier alpha value is -1.77. The average Bonchev–Trinajstić information content (AvgIpc) is 2.26. The Morgan fingerprint density at radius 2 is 2.00 bits per heavy atom. The quantitative estimate of drug-likeness (QED) is 0.704. The zero-order valence-corrected chi connectivity index (χ0v) is 9.23. The van der Waals surface area contributed by atoms with E-state index in [0.29, 0.717) is 0 Å². The second-order valence-electron chi connectivity index (χ2n) is 3.31. The lowest BCUT2D eigenvalue weighted by Crippen LogP contribution is -2.18. The fraction of sp³-hybridized carbons (Fsp3) is 0.250. The van der Waals surface area contributed by atoms with Crippen molar-refractivity contribution < 1.29 is 9.53 Å². The summed E-state index contributed by atoms with van der Waals surface area (Å²) in [4.78, 5) is 12.8. The lowest BCUT2D eigenvalue weighted by molar-refractivity contribution is -0.123. The van der Waals surface area contributed by atoms with Gasteiger partial charge in [-0.2, -0.15) is 0 Å². The number of ether oxygens (including phenoxy) is 1. The molecule has 0 saturated carbocycles. The summed E-state index contributed by atoms with van der Waals surface area (Å²) in [5.74, 6) is 0.723. The molecule has 0 atom stereocenters. The third-order valence-electron chi connectivity index (χ3n) is 1.99. The van der Waals surface area contributed by atoms with Crippen LogP contribution in [0.5, 0.6) is 5.75 Å². The molecular formula is C12H15NO2. The first-order valence-electron chi connectivity index (χ1n) is 4.67. The Morgan fingerprint density at radius 3 is 2.60 bits per heavy atom. The molecule has 0 radical (unpaired) electrons. The van der Waals surface area contributed by atoms with E-state index >= 15 is 0 Å². The van der Waals surface area contributed by atoms with E-state index in [-0.39, 0.29) is 5.91 Å². The zero-order chi connectivity index (χ0) is 11.3. The van der Waals surface area contributed by atoms with E-state index in [1.165, 1.54) is 11.0 Å². The number of methoxy groups -OCH3 is 1. The maximum absolute atomic E-state index is 11.3. The fourth-order valence-corrected chi connectivity index (χ4v) is 1.11. The number of nitrogens with zero attached hydrogens (tertiary/aromatic N) is 1. The van der Waals surface area contributed by atoms with E-state index in [9.17, 15) is 4.79 Å². The van der Waals surface area contributed by atoms with Crippen LogP contribution >= 0.6 is 0 Å². The average molecular weight is 205 g/mol. The lowest BCUT2D eigenvalue weighted by Gasteiger charge is -2.06. The summed E-state index contributed by atoms with van der Waals surface area (Å²) in [6.07, 6.45) is 3.28. The first-order valence-corrected chi connectivity index (χ1v) is 4.67. The van der Waals surface area contributed by atoms with Crippen LogP contribution in [0.2, 0.25) is 0 Å². The van der Waals surface area contributed by atoms with Crippen molar-refractivity contribution in [1.82, 2.24) is 4.90 Å². The highest BCUT2D eigenvalue weighted by molar-refractivity contribution is 5.91. The number of para-hydroxylation sites is 1. The SMILES string of the molecule is COc1ccccc1/C=C\C(=O)N(C)C. The van der Waals surface area contributed by atoms with Gasteiger partial charge in [0.2, 0.25) is 5.91 Å². The zero-order valence-electron chi connectivity index (χ0n) is 9.23. The maximum atomic E-state index is 11.3. The van der Waals surface area contributed by atoms with Gasteiger partial charge in [-0.3, -0.25) is 4.79 Å². The second kappa shape index (κ2) is 5.20. The van der Waals surface area contributed by atoms with E-state index in [2.05, 4.69) is 0 Å². The molecule has 0 fully saturated rings. The summed E-state index contributed by atoms with van der Waals surface area (Å²) in [7, 11) is 5.05. The molecule has 1 aromatic rings. The Bertz CT molecular complexity index is 370. The maximum Gasteiger partial charge on any atom is 0.246 e. The third-order valence-corrected chi connectivity index (χ3v) is 1.99. The highest BCUT2D eigenvalue weighted by atomic mass is 16.5. The van der Waals surface area contributed by atoms with Gasteiger partial charge in [-0.1, -0.05) is 18.2 Å². The monoisotopic (exact) mass is 205 g/mol. The number of benzene rings is 1. The van der Waals surface area contributed by atoms with Gasteiger partial charge in [0.1, 0.15) is 5.75 Å². The van der Waals surface area contributed by atoms with Crippen molar-refractivity contribution in [3.05, 3.63) is 35.9 Å². The summed E-state index contributed by atoms with van der Waals surface area (Å²) >= 11 is 0. The van der Waals surface area contributed by atoms with Crippen molar-refractivity contribution in [2.24, 2.45) is 0 Å². The van der Waals surface area contributed by atoms with Crippen LogP contribution in [0, 0.1) is 0 Å². The molecule has 3 nitrogen and oxygen atoms in total. The Kier molecular flexibility index (Phi) is 3.92. The highest BCUT2D eigenvalue weighted by Crippen LogP contribution is 2.18. The largest absolute Gasteiger partial charge is 0.496 e. The molecule has 80 valence electrons. The van der Waals surface area contributed by atoms with Gasteiger partial charge in [-0.25, -0.2) is 0 Å². The van der Waals surface area contributed by atoms with Crippen LogP contribution in [0.1, 0.15) is 5.56 Å². The molecular weight excluding hydrogens is 190 g/mol. The van der Waals surface area contributed by atoms with Crippen LogP contribution in [0.15, 0.2) is 30.3 Å². The fourth-order valence-electron chi connectivity index (χ4n) is 1.11. The van der Waals surface area contributed by atoms with E-state index in [4.69, 9.17) is 4.74 Å². The number of hydrogen-bond donors (Lipinski definition) is 0. The van der Waals surface area contributed by atoms with Crippen molar-refractivity contribution in [2.75, 3.05) is 21.2 Å². The van der Waals surface area contributed by atoms with Crippen molar-refractivity contribution >= 4 is 12.0 Å². The van der Waals surface area contributed by atoms with E-state index in [1.807, 2.05) is 24.3 Å².